The van der Waals surface area contributed by atoms with Gasteiger partial charge in [0.15, 0.2) is 0 Å². The summed E-state index contributed by atoms with van der Waals surface area (Å²) in [4.78, 5) is 33.6. The summed E-state index contributed by atoms with van der Waals surface area (Å²) in [6.45, 7) is 4.18. The van der Waals surface area contributed by atoms with Crippen molar-refractivity contribution in [2.75, 3.05) is 6.61 Å². The summed E-state index contributed by atoms with van der Waals surface area (Å²) in [7, 11) is 0. The summed E-state index contributed by atoms with van der Waals surface area (Å²) >= 11 is 0. The van der Waals surface area contributed by atoms with E-state index in [-0.39, 0.29) is 30.9 Å². The van der Waals surface area contributed by atoms with Crippen LogP contribution < -0.4 is 10.6 Å². The molecule has 1 aliphatic heterocycles. The molecule has 0 aromatic heterocycles. The third-order valence-corrected chi connectivity index (χ3v) is 3.19. The number of rotatable bonds is 6. The topological polar surface area (TPSA) is 105 Å². The Morgan fingerprint density at radius 2 is 2.00 bits per heavy atom. The zero-order valence-electron chi connectivity index (χ0n) is 11.8. The maximum atomic E-state index is 11.6. The number of carboxylic acid groups (broad SMARTS) is 1. The van der Waals surface area contributed by atoms with Gasteiger partial charge in [0.05, 0.1) is 12.1 Å². The molecule has 0 spiro atoms. The van der Waals surface area contributed by atoms with Crippen molar-refractivity contribution in [1.82, 2.24) is 10.6 Å². The Bertz CT molecular complexity index is 366. The number of amides is 3. The van der Waals surface area contributed by atoms with Crippen LogP contribution in [-0.2, 0) is 14.3 Å². The molecule has 0 aliphatic carbocycles. The normalized spacial score (nSPS) is 21.0. The molecule has 1 heterocycles. The van der Waals surface area contributed by atoms with Gasteiger partial charge in [0.2, 0.25) is 5.91 Å². The number of carboxylic acids is 1. The van der Waals surface area contributed by atoms with Crippen LogP contribution in [0.25, 0.3) is 0 Å². The van der Waals surface area contributed by atoms with E-state index < -0.39 is 17.9 Å². The number of imide groups is 1. The van der Waals surface area contributed by atoms with Crippen LogP contribution in [0.2, 0.25) is 0 Å². The number of ether oxygens (including phenoxy) is 1. The lowest BCUT2D eigenvalue weighted by Crippen LogP contribution is -2.47. The van der Waals surface area contributed by atoms with Gasteiger partial charge in [-0.05, 0) is 25.7 Å². The Labute approximate surface area is 118 Å². The van der Waals surface area contributed by atoms with Crippen LogP contribution in [0.5, 0.6) is 0 Å². The molecule has 0 aromatic carbocycles. The van der Waals surface area contributed by atoms with Crippen LogP contribution in [0.3, 0.4) is 0 Å². The predicted octanol–water partition coefficient (Wildman–Crippen LogP) is 0.881. The summed E-state index contributed by atoms with van der Waals surface area (Å²) in [5.74, 6) is -1.74. The van der Waals surface area contributed by atoms with Gasteiger partial charge in [-0.2, -0.15) is 0 Å². The maximum absolute atomic E-state index is 11.6. The highest BCUT2D eigenvalue weighted by molar-refractivity contribution is 5.94. The van der Waals surface area contributed by atoms with Gasteiger partial charge in [0, 0.05) is 19.4 Å². The maximum Gasteiger partial charge on any atom is 0.321 e. The first-order chi connectivity index (χ1) is 9.38. The standard InChI is InChI=1S/C13H22N2O5/c1-8(7-12(17)18)6-11(16)15-13(19)14-9(2)10-4-3-5-20-10/h8-10H,3-7H2,1-2H3,(H,17,18)(H2,14,15,16,19). The van der Waals surface area contributed by atoms with Crippen molar-refractivity contribution in [2.24, 2.45) is 5.92 Å². The second kappa shape index (κ2) is 7.84. The van der Waals surface area contributed by atoms with E-state index in [0.717, 1.165) is 12.8 Å². The lowest BCUT2D eigenvalue weighted by molar-refractivity contribution is -0.138. The molecule has 7 nitrogen and oxygen atoms in total. The van der Waals surface area contributed by atoms with Crippen molar-refractivity contribution in [1.29, 1.82) is 0 Å². The molecule has 1 rings (SSSR count). The van der Waals surface area contributed by atoms with Crippen molar-refractivity contribution in [3.05, 3.63) is 0 Å². The average Bonchev–Trinajstić information content (AvgIpc) is 2.79. The van der Waals surface area contributed by atoms with Gasteiger partial charge in [-0.3, -0.25) is 14.9 Å². The molecule has 3 unspecified atom stereocenters. The van der Waals surface area contributed by atoms with Crippen LogP contribution in [0, 0.1) is 5.92 Å². The fraction of sp³-hybridized carbons (Fsp3) is 0.769. The third kappa shape index (κ3) is 6.01. The highest BCUT2D eigenvalue weighted by atomic mass is 16.5. The van der Waals surface area contributed by atoms with Crippen LogP contribution >= 0.6 is 0 Å². The quantitative estimate of drug-likeness (QED) is 0.672. The SMILES string of the molecule is CC(CC(=O)O)CC(=O)NC(=O)NC(C)C1CCCO1. The first-order valence-electron chi connectivity index (χ1n) is 6.82. The molecule has 0 bridgehead atoms. The number of hydrogen-bond donors (Lipinski definition) is 3. The number of hydrogen-bond acceptors (Lipinski definition) is 4. The van der Waals surface area contributed by atoms with Gasteiger partial charge in [-0.25, -0.2) is 4.79 Å². The minimum atomic E-state index is -0.957. The largest absolute Gasteiger partial charge is 0.481 e. The van der Waals surface area contributed by atoms with E-state index in [1.54, 1.807) is 6.92 Å². The summed E-state index contributed by atoms with van der Waals surface area (Å²) in [5.41, 5.74) is 0. The van der Waals surface area contributed by atoms with Gasteiger partial charge >= 0.3 is 12.0 Å². The highest BCUT2D eigenvalue weighted by Crippen LogP contribution is 2.15. The van der Waals surface area contributed by atoms with E-state index in [1.165, 1.54) is 0 Å². The molecular formula is C13H22N2O5. The van der Waals surface area contributed by atoms with Gasteiger partial charge in [0.1, 0.15) is 0 Å². The van der Waals surface area contributed by atoms with E-state index in [9.17, 15) is 14.4 Å². The first kappa shape index (κ1) is 16.4. The van der Waals surface area contributed by atoms with E-state index >= 15 is 0 Å². The Balaban J connectivity index is 2.26. The van der Waals surface area contributed by atoms with Crippen molar-refractivity contribution in [3.63, 3.8) is 0 Å². The van der Waals surface area contributed by atoms with Crippen molar-refractivity contribution < 1.29 is 24.2 Å². The average molecular weight is 286 g/mol. The summed E-state index contributed by atoms with van der Waals surface area (Å²) in [6.07, 6.45) is 1.77. The molecule has 1 saturated heterocycles. The monoisotopic (exact) mass is 286 g/mol. The first-order valence-corrected chi connectivity index (χ1v) is 6.82. The number of aliphatic carboxylic acids is 1. The zero-order valence-corrected chi connectivity index (χ0v) is 11.8. The fourth-order valence-corrected chi connectivity index (χ4v) is 2.20. The van der Waals surface area contributed by atoms with Crippen molar-refractivity contribution >= 4 is 17.9 Å². The molecule has 3 amide bonds. The molecule has 20 heavy (non-hydrogen) atoms. The van der Waals surface area contributed by atoms with E-state index in [4.69, 9.17) is 9.84 Å². The molecule has 0 radical (unpaired) electrons. The summed E-state index contributed by atoms with van der Waals surface area (Å²) in [6, 6.07) is -0.734. The van der Waals surface area contributed by atoms with Gasteiger partial charge in [0.25, 0.3) is 0 Å². The summed E-state index contributed by atoms with van der Waals surface area (Å²) < 4.78 is 5.44. The number of nitrogens with one attached hydrogen (secondary N) is 2. The van der Waals surface area contributed by atoms with Crippen molar-refractivity contribution in [2.45, 2.75) is 51.7 Å². The predicted molar refractivity (Wildman–Crippen MR) is 71.1 cm³/mol. The van der Waals surface area contributed by atoms with Gasteiger partial charge < -0.3 is 15.2 Å². The Kier molecular flexibility index (Phi) is 6.44. The Morgan fingerprint density at radius 3 is 2.55 bits per heavy atom. The smallest absolute Gasteiger partial charge is 0.321 e. The molecule has 114 valence electrons. The lowest BCUT2D eigenvalue weighted by Gasteiger charge is -2.20. The van der Waals surface area contributed by atoms with Gasteiger partial charge in [-0.1, -0.05) is 6.92 Å². The number of carbonyl (C=O) groups is 3. The third-order valence-electron chi connectivity index (χ3n) is 3.19. The Hall–Kier alpha value is -1.63. The second-order valence-electron chi connectivity index (χ2n) is 5.27. The molecule has 1 fully saturated rings. The number of carbonyl (C=O) groups excluding carboxylic acids is 2. The zero-order chi connectivity index (χ0) is 15.1. The molecule has 3 N–H and O–H groups in total. The van der Waals surface area contributed by atoms with Crippen LogP contribution in [0.4, 0.5) is 4.79 Å². The van der Waals surface area contributed by atoms with Crippen LogP contribution in [0.1, 0.15) is 39.5 Å². The van der Waals surface area contributed by atoms with E-state index in [2.05, 4.69) is 10.6 Å². The lowest BCUT2D eigenvalue weighted by atomic mass is 10.0. The van der Waals surface area contributed by atoms with Gasteiger partial charge in [-0.15, -0.1) is 0 Å². The van der Waals surface area contributed by atoms with Crippen LogP contribution in [-0.4, -0.2) is 41.8 Å². The second-order valence-corrected chi connectivity index (χ2v) is 5.27. The molecule has 1 aliphatic rings. The number of urea groups is 1. The fourth-order valence-electron chi connectivity index (χ4n) is 2.20. The minimum Gasteiger partial charge on any atom is -0.481 e. The molecule has 3 atom stereocenters. The minimum absolute atomic E-state index is 0.00797. The van der Waals surface area contributed by atoms with Crippen LogP contribution in [0.15, 0.2) is 0 Å². The molecule has 0 saturated carbocycles. The molecule has 7 heteroatoms. The molecular weight excluding hydrogens is 264 g/mol. The van der Waals surface area contributed by atoms with E-state index in [0.29, 0.717) is 6.61 Å². The molecule has 0 aromatic rings. The van der Waals surface area contributed by atoms with E-state index in [1.807, 2.05) is 6.92 Å². The summed E-state index contributed by atoms with van der Waals surface area (Å²) in [5, 5.41) is 13.4. The van der Waals surface area contributed by atoms with Crippen molar-refractivity contribution in [3.8, 4) is 0 Å². The highest BCUT2D eigenvalue weighted by Gasteiger charge is 2.24. The Morgan fingerprint density at radius 1 is 1.30 bits per heavy atom.